The van der Waals surface area contributed by atoms with E-state index in [1.807, 2.05) is 20.8 Å². The van der Waals surface area contributed by atoms with Crippen molar-refractivity contribution in [3.63, 3.8) is 0 Å². The Morgan fingerprint density at radius 2 is 1.70 bits per heavy atom. The topological polar surface area (TPSA) is 193 Å². The Morgan fingerprint density at radius 3 is 2.07 bits per heavy atom. The van der Waals surface area contributed by atoms with Gasteiger partial charge in [0.1, 0.15) is 6.29 Å². The molecule has 1 heterocycles. The maximum Gasteiger partial charge on any atom is 0.317 e. The van der Waals surface area contributed by atoms with Crippen molar-refractivity contribution < 1.29 is 39.9 Å². The fourth-order valence-corrected chi connectivity index (χ4v) is 4.16. The summed E-state index contributed by atoms with van der Waals surface area (Å²) in [7, 11) is 0. The van der Waals surface area contributed by atoms with Crippen LogP contribution in [0.1, 0.15) is 20.8 Å². The third-order valence-electron chi connectivity index (χ3n) is 4.86. The van der Waals surface area contributed by atoms with Gasteiger partial charge in [0.05, 0.1) is 42.5 Å². The first-order chi connectivity index (χ1) is 12.8. The van der Waals surface area contributed by atoms with Gasteiger partial charge in [-0.3, -0.25) is 14.5 Å². The lowest BCUT2D eigenvalue weighted by molar-refractivity contribution is -0.137. The maximum absolute atomic E-state index is 10.8. The molecule has 2 aliphatic carbocycles. The van der Waals surface area contributed by atoms with Crippen LogP contribution >= 0.6 is 0 Å². The molecule has 0 aromatic heterocycles. The molecule has 3 aliphatic rings. The van der Waals surface area contributed by atoms with Gasteiger partial charge >= 0.3 is 5.97 Å². The number of hydrogen-bond acceptors (Lipinski definition) is 9. The molecule has 3 fully saturated rings. The van der Waals surface area contributed by atoms with Gasteiger partial charge in [-0.1, -0.05) is 20.8 Å². The van der Waals surface area contributed by atoms with Crippen molar-refractivity contribution in [2.24, 2.45) is 11.7 Å². The van der Waals surface area contributed by atoms with Crippen LogP contribution in [0.4, 0.5) is 0 Å². The summed E-state index contributed by atoms with van der Waals surface area (Å²) in [5.41, 5.74) is 3.93. The second kappa shape index (κ2) is 11.3. The van der Waals surface area contributed by atoms with Gasteiger partial charge in [0.2, 0.25) is 0 Å². The van der Waals surface area contributed by atoms with E-state index in [1.54, 1.807) is 4.90 Å². The standard InChI is InChI=1S/C11H18N2O5.C2H5NO.C2H6.CH2O2/c1-2-12-6-7(16)5-8(17)9-11(5,10(6)18)13(9)3-4(14)15;3-1-2-4;1-2;2-1-3/h5-10,12,16-18H,2-3H2,1H3,(H,14,15);2H,1,3H2;1-2H3;1H,(H,2,3). The molecule has 0 bridgehead atoms. The highest BCUT2D eigenvalue weighted by Crippen LogP contribution is 2.67. The number of aliphatic hydroxyl groups excluding tert-OH is 3. The molecule has 1 saturated heterocycles. The monoisotopic (exact) mass is 393 g/mol. The van der Waals surface area contributed by atoms with Crippen LogP contribution in [-0.2, 0) is 14.4 Å². The molecular weight excluding hydrogens is 362 g/mol. The molecule has 0 aromatic rings. The van der Waals surface area contributed by atoms with Crippen molar-refractivity contribution >= 4 is 18.7 Å². The second-order valence-electron chi connectivity index (χ2n) is 5.90. The molecule has 2 saturated carbocycles. The summed E-state index contributed by atoms with van der Waals surface area (Å²) in [5, 5.41) is 49.1. The minimum Gasteiger partial charge on any atom is -0.483 e. The number of nitrogens with one attached hydrogen (secondary N) is 1. The van der Waals surface area contributed by atoms with Crippen LogP contribution in [0.2, 0.25) is 0 Å². The molecule has 0 radical (unpaired) electrons. The number of likely N-dealkylation sites (N-methyl/N-ethyl adjacent to an activating group) is 1. The zero-order valence-corrected chi connectivity index (χ0v) is 15.7. The molecule has 11 nitrogen and oxygen atoms in total. The van der Waals surface area contributed by atoms with Crippen molar-refractivity contribution in [2.45, 2.75) is 56.7 Å². The predicted octanol–water partition coefficient (Wildman–Crippen LogP) is -2.93. The van der Waals surface area contributed by atoms with E-state index in [0.29, 0.717) is 12.8 Å². The number of aliphatic carboxylic acids is 1. The first-order valence-corrected chi connectivity index (χ1v) is 8.78. The normalized spacial score (nSPS) is 39.3. The van der Waals surface area contributed by atoms with Gasteiger partial charge in [0.25, 0.3) is 6.47 Å². The molecule has 1 aliphatic heterocycles. The van der Waals surface area contributed by atoms with Gasteiger partial charge in [0.15, 0.2) is 0 Å². The Balaban J connectivity index is 0.000000644. The lowest BCUT2D eigenvalue weighted by atomic mass is 9.72. The van der Waals surface area contributed by atoms with E-state index in [-0.39, 0.29) is 25.6 Å². The summed E-state index contributed by atoms with van der Waals surface area (Å²) in [6.07, 6.45) is -1.78. The van der Waals surface area contributed by atoms with Crippen LogP contribution in [0.5, 0.6) is 0 Å². The van der Waals surface area contributed by atoms with Gasteiger partial charge in [-0.15, -0.1) is 0 Å². The number of nitrogens with zero attached hydrogens (tertiary/aromatic N) is 1. The van der Waals surface area contributed by atoms with Crippen molar-refractivity contribution in [2.75, 3.05) is 19.6 Å². The third-order valence-corrected chi connectivity index (χ3v) is 4.86. The maximum atomic E-state index is 10.8. The number of hydrogen-bond donors (Lipinski definition) is 7. The SMILES string of the molecule is CC.CCNC1C(O)C2C(O)C3N(CC(=O)O)C23C1O.NCC=O.O=CO. The highest BCUT2D eigenvalue weighted by Gasteiger charge is 2.88. The van der Waals surface area contributed by atoms with Crippen molar-refractivity contribution in [3.05, 3.63) is 0 Å². The molecule has 27 heavy (non-hydrogen) atoms. The summed E-state index contributed by atoms with van der Waals surface area (Å²) >= 11 is 0. The van der Waals surface area contributed by atoms with Crippen LogP contribution in [0.3, 0.4) is 0 Å². The lowest BCUT2D eigenvalue weighted by Crippen LogP contribution is -2.55. The fraction of sp³-hybridized carbons (Fsp3) is 0.812. The summed E-state index contributed by atoms with van der Waals surface area (Å²) < 4.78 is 0. The van der Waals surface area contributed by atoms with E-state index in [1.165, 1.54) is 0 Å². The molecule has 3 rings (SSSR count). The molecule has 158 valence electrons. The van der Waals surface area contributed by atoms with Gasteiger partial charge < -0.3 is 41.4 Å². The lowest BCUT2D eigenvalue weighted by Gasteiger charge is -2.35. The Labute approximate surface area is 157 Å². The Kier molecular flexibility index (Phi) is 10.6. The van der Waals surface area contributed by atoms with Gasteiger partial charge in [-0.05, 0) is 6.54 Å². The number of carboxylic acid groups (broad SMARTS) is 2. The molecule has 0 aromatic carbocycles. The summed E-state index contributed by atoms with van der Waals surface area (Å²) in [6, 6.07) is -0.828. The van der Waals surface area contributed by atoms with Crippen LogP contribution in [0.15, 0.2) is 0 Å². The average Bonchev–Trinajstić information content (AvgIpc) is 3.16. The zero-order valence-electron chi connectivity index (χ0n) is 15.7. The van der Waals surface area contributed by atoms with E-state index in [9.17, 15) is 20.1 Å². The number of carbonyl (C=O) groups excluding carboxylic acids is 1. The number of likely N-dealkylation sites (tertiary alicyclic amines) is 1. The van der Waals surface area contributed by atoms with E-state index < -0.39 is 41.8 Å². The highest BCUT2D eigenvalue weighted by atomic mass is 16.4. The minimum atomic E-state index is -0.988. The summed E-state index contributed by atoms with van der Waals surface area (Å²) in [6.45, 7) is 6.15. The van der Waals surface area contributed by atoms with E-state index in [0.717, 1.165) is 0 Å². The number of nitrogens with two attached hydrogens (primary N) is 1. The van der Waals surface area contributed by atoms with Gasteiger partial charge in [0, 0.05) is 12.5 Å². The highest BCUT2D eigenvalue weighted by molar-refractivity contribution is 5.71. The smallest absolute Gasteiger partial charge is 0.317 e. The van der Waals surface area contributed by atoms with Crippen molar-refractivity contribution in [1.82, 2.24) is 10.2 Å². The van der Waals surface area contributed by atoms with Crippen LogP contribution < -0.4 is 11.1 Å². The Bertz CT molecular complexity index is 494. The van der Waals surface area contributed by atoms with Crippen molar-refractivity contribution in [3.8, 4) is 0 Å². The number of rotatable bonds is 5. The van der Waals surface area contributed by atoms with Gasteiger partial charge in [-0.2, -0.15) is 0 Å². The Hall–Kier alpha value is -1.63. The quantitative estimate of drug-likeness (QED) is 0.187. The number of aliphatic hydroxyl groups is 3. The molecule has 1 spiro atoms. The summed E-state index contributed by atoms with van der Waals surface area (Å²) in [4.78, 5) is 29.8. The first-order valence-electron chi connectivity index (χ1n) is 8.78. The number of carbonyl (C=O) groups is 3. The fourth-order valence-electron chi connectivity index (χ4n) is 4.16. The van der Waals surface area contributed by atoms with Crippen LogP contribution in [-0.4, -0.2) is 105 Å². The first kappa shape index (κ1) is 25.4. The largest absolute Gasteiger partial charge is 0.483 e. The average molecular weight is 393 g/mol. The van der Waals surface area contributed by atoms with E-state index in [2.05, 4.69) is 11.1 Å². The minimum absolute atomic E-state index is 0.139. The molecule has 0 amide bonds. The predicted molar refractivity (Wildman–Crippen MR) is 95.0 cm³/mol. The van der Waals surface area contributed by atoms with Gasteiger partial charge in [-0.25, -0.2) is 0 Å². The van der Waals surface area contributed by atoms with E-state index >= 15 is 0 Å². The zero-order chi connectivity index (χ0) is 21.4. The second-order valence-corrected chi connectivity index (χ2v) is 5.90. The van der Waals surface area contributed by atoms with Crippen molar-refractivity contribution in [1.29, 1.82) is 0 Å². The Morgan fingerprint density at radius 1 is 1.22 bits per heavy atom. The molecule has 8 N–H and O–H groups in total. The molecule has 8 unspecified atom stereocenters. The summed E-state index contributed by atoms with van der Waals surface area (Å²) in [5.74, 6) is -1.45. The third kappa shape index (κ3) is 4.45. The molecule has 11 heteroatoms. The number of carboxylic acids is 1. The number of aldehydes is 1. The van der Waals surface area contributed by atoms with Crippen LogP contribution in [0, 0.1) is 5.92 Å². The van der Waals surface area contributed by atoms with E-state index in [4.69, 9.17) is 19.8 Å². The van der Waals surface area contributed by atoms with Crippen LogP contribution in [0.25, 0.3) is 0 Å². The molecule has 8 atom stereocenters. The molecular formula is C16H31N3O8.